The Morgan fingerprint density at radius 2 is 2.00 bits per heavy atom. The van der Waals surface area contributed by atoms with Gasteiger partial charge in [0.05, 0.1) is 19.1 Å². The third-order valence-electron chi connectivity index (χ3n) is 5.47. The van der Waals surface area contributed by atoms with Gasteiger partial charge in [-0.05, 0) is 48.6 Å². The SMILES string of the molecule is C#CO[C@@]1(c2ccc(CC(=O)OCC)cc2)CCC(C(C)(C)C)C[C@H]1O. The van der Waals surface area contributed by atoms with Crippen molar-refractivity contribution < 1.29 is 19.4 Å². The third-order valence-corrected chi connectivity index (χ3v) is 5.47. The van der Waals surface area contributed by atoms with Crippen LogP contribution in [0.5, 0.6) is 0 Å². The monoisotopic (exact) mass is 358 g/mol. The first-order valence-corrected chi connectivity index (χ1v) is 9.29. The van der Waals surface area contributed by atoms with Crippen LogP contribution in [0.3, 0.4) is 0 Å². The number of rotatable bonds is 5. The van der Waals surface area contributed by atoms with E-state index in [0.29, 0.717) is 25.4 Å². The van der Waals surface area contributed by atoms with Crippen molar-refractivity contribution in [3.05, 3.63) is 35.4 Å². The number of carbonyl (C=O) groups is 1. The Morgan fingerprint density at radius 3 is 2.50 bits per heavy atom. The zero-order chi connectivity index (χ0) is 19.4. The molecule has 1 fully saturated rings. The Labute approximate surface area is 156 Å². The molecule has 0 aromatic heterocycles. The summed E-state index contributed by atoms with van der Waals surface area (Å²) in [5.74, 6) is 0.163. The van der Waals surface area contributed by atoms with Crippen LogP contribution in [0, 0.1) is 23.9 Å². The summed E-state index contributed by atoms with van der Waals surface area (Å²) in [7, 11) is 0. The second-order valence-corrected chi connectivity index (χ2v) is 8.14. The average molecular weight is 358 g/mol. The van der Waals surface area contributed by atoms with Gasteiger partial charge in [-0.25, -0.2) is 0 Å². The molecule has 4 heteroatoms. The quantitative estimate of drug-likeness (QED) is 0.642. The highest BCUT2D eigenvalue weighted by Crippen LogP contribution is 2.47. The summed E-state index contributed by atoms with van der Waals surface area (Å²) in [6.45, 7) is 8.76. The van der Waals surface area contributed by atoms with Gasteiger partial charge in [0.15, 0.2) is 5.60 Å². The molecule has 3 atom stereocenters. The minimum absolute atomic E-state index is 0.132. The molecule has 1 aliphatic carbocycles. The van der Waals surface area contributed by atoms with Crippen LogP contribution >= 0.6 is 0 Å². The summed E-state index contributed by atoms with van der Waals surface area (Å²) in [6.07, 6.45) is 9.54. The third kappa shape index (κ3) is 4.40. The Hall–Kier alpha value is -1.99. The number of terminal acetylenes is 1. The van der Waals surface area contributed by atoms with Crippen LogP contribution in [0.15, 0.2) is 24.3 Å². The molecule has 0 heterocycles. The maximum absolute atomic E-state index is 11.6. The lowest BCUT2D eigenvalue weighted by Gasteiger charge is -2.46. The fourth-order valence-corrected chi connectivity index (χ4v) is 3.82. The highest BCUT2D eigenvalue weighted by atomic mass is 16.5. The molecular formula is C22H30O4. The average Bonchev–Trinajstić information content (AvgIpc) is 2.57. The van der Waals surface area contributed by atoms with Crippen molar-refractivity contribution in [2.45, 2.75) is 65.1 Å². The van der Waals surface area contributed by atoms with Crippen molar-refractivity contribution in [1.29, 1.82) is 0 Å². The summed E-state index contributed by atoms with van der Waals surface area (Å²) in [4.78, 5) is 11.6. The van der Waals surface area contributed by atoms with E-state index in [1.54, 1.807) is 6.92 Å². The Morgan fingerprint density at radius 1 is 1.35 bits per heavy atom. The Kier molecular flexibility index (Phi) is 6.36. The van der Waals surface area contributed by atoms with E-state index in [-0.39, 0.29) is 17.8 Å². The first kappa shape index (κ1) is 20.3. The summed E-state index contributed by atoms with van der Waals surface area (Å²) < 4.78 is 10.7. The summed E-state index contributed by atoms with van der Waals surface area (Å²) in [5, 5.41) is 10.9. The minimum Gasteiger partial charge on any atom is -0.466 e. The zero-order valence-corrected chi connectivity index (χ0v) is 16.2. The van der Waals surface area contributed by atoms with Gasteiger partial charge in [0, 0.05) is 0 Å². The first-order chi connectivity index (χ1) is 12.2. The predicted molar refractivity (Wildman–Crippen MR) is 101 cm³/mol. The maximum atomic E-state index is 11.6. The number of aliphatic hydroxyl groups excluding tert-OH is 1. The van der Waals surface area contributed by atoms with Crippen molar-refractivity contribution in [2.75, 3.05) is 6.61 Å². The second kappa shape index (κ2) is 8.14. The molecule has 4 nitrogen and oxygen atoms in total. The van der Waals surface area contributed by atoms with Crippen LogP contribution in [0.4, 0.5) is 0 Å². The number of hydrogen-bond donors (Lipinski definition) is 1. The molecule has 1 aliphatic rings. The highest BCUT2D eigenvalue weighted by molar-refractivity contribution is 5.72. The van der Waals surface area contributed by atoms with E-state index in [2.05, 4.69) is 26.9 Å². The van der Waals surface area contributed by atoms with Crippen LogP contribution in [0.2, 0.25) is 0 Å². The number of benzene rings is 1. The van der Waals surface area contributed by atoms with Crippen LogP contribution in [-0.2, 0) is 26.3 Å². The maximum Gasteiger partial charge on any atom is 0.310 e. The van der Waals surface area contributed by atoms with Gasteiger partial charge in [0.1, 0.15) is 6.11 Å². The van der Waals surface area contributed by atoms with Gasteiger partial charge in [-0.3, -0.25) is 4.79 Å². The first-order valence-electron chi connectivity index (χ1n) is 9.29. The van der Waals surface area contributed by atoms with Crippen molar-refractivity contribution in [1.82, 2.24) is 0 Å². The fourth-order valence-electron chi connectivity index (χ4n) is 3.82. The van der Waals surface area contributed by atoms with E-state index in [9.17, 15) is 9.90 Å². The lowest BCUT2D eigenvalue weighted by atomic mass is 9.65. The fraction of sp³-hybridized carbons (Fsp3) is 0.591. The van der Waals surface area contributed by atoms with Crippen LogP contribution in [0.1, 0.15) is 58.1 Å². The van der Waals surface area contributed by atoms with E-state index in [4.69, 9.17) is 15.9 Å². The predicted octanol–water partition coefficient (Wildman–Crippen LogP) is 3.80. The van der Waals surface area contributed by atoms with Crippen LogP contribution < -0.4 is 0 Å². The van der Waals surface area contributed by atoms with E-state index in [0.717, 1.165) is 17.5 Å². The van der Waals surface area contributed by atoms with Crippen molar-refractivity contribution >= 4 is 5.97 Å². The molecule has 2 rings (SSSR count). The van der Waals surface area contributed by atoms with Crippen molar-refractivity contribution in [3.8, 4) is 12.5 Å². The molecule has 1 saturated carbocycles. The second-order valence-electron chi connectivity index (χ2n) is 8.14. The highest BCUT2D eigenvalue weighted by Gasteiger charge is 2.48. The van der Waals surface area contributed by atoms with Gasteiger partial charge in [-0.15, -0.1) is 0 Å². The molecule has 0 bridgehead atoms. The normalized spacial score (nSPS) is 26.0. The summed E-state index contributed by atoms with van der Waals surface area (Å²) in [6, 6.07) is 7.53. The molecule has 1 N–H and O–H groups in total. The molecular weight excluding hydrogens is 328 g/mol. The van der Waals surface area contributed by atoms with Gasteiger partial charge >= 0.3 is 5.97 Å². The van der Waals surface area contributed by atoms with Crippen LogP contribution in [-0.4, -0.2) is 23.8 Å². The summed E-state index contributed by atoms with van der Waals surface area (Å²) >= 11 is 0. The topological polar surface area (TPSA) is 55.8 Å². The van der Waals surface area contributed by atoms with Gasteiger partial charge in [-0.2, -0.15) is 0 Å². The lowest BCUT2D eigenvalue weighted by molar-refractivity contribution is -0.142. The minimum atomic E-state index is -0.890. The van der Waals surface area contributed by atoms with Gasteiger partial charge in [0.25, 0.3) is 0 Å². The molecule has 0 aliphatic heterocycles. The molecule has 142 valence electrons. The molecule has 1 unspecified atom stereocenters. The smallest absolute Gasteiger partial charge is 0.310 e. The van der Waals surface area contributed by atoms with E-state index in [1.165, 1.54) is 0 Å². The Balaban J connectivity index is 2.22. The molecule has 0 amide bonds. The Bertz CT molecular complexity index is 650. The number of aliphatic hydroxyl groups is 1. The number of carbonyl (C=O) groups excluding carboxylic acids is 1. The summed E-state index contributed by atoms with van der Waals surface area (Å²) in [5.41, 5.74) is 0.954. The number of hydrogen-bond acceptors (Lipinski definition) is 4. The van der Waals surface area contributed by atoms with Crippen molar-refractivity contribution in [3.63, 3.8) is 0 Å². The standard InChI is InChI=1S/C22H30O4/c1-6-25-20(24)14-16-8-10-17(11-9-16)22(26-7-2)13-12-18(15-19(22)23)21(3,4)5/h2,8-11,18-19,23H,6,12-15H2,1,3-5H3/t18?,19-,22-/m1/s1. The van der Waals surface area contributed by atoms with Gasteiger partial charge in [-0.1, -0.05) is 51.5 Å². The van der Waals surface area contributed by atoms with Crippen LogP contribution in [0.25, 0.3) is 0 Å². The molecule has 0 spiro atoms. The lowest BCUT2D eigenvalue weighted by Crippen LogP contribution is -2.48. The van der Waals surface area contributed by atoms with Gasteiger partial charge < -0.3 is 14.6 Å². The van der Waals surface area contributed by atoms with E-state index < -0.39 is 11.7 Å². The molecule has 0 saturated heterocycles. The van der Waals surface area contributed by atoms with E-state index in [1.807, 2.05) is 24.3 Å². The van der Waals surface area contributed by atoms with Gasteiger partial charge in [0.2, 0.25) is 0 Å². The van der Waals surface area contributed by atoms with E-state index >= 15 is 0 Å². The molecule has 1 aromatic rings. The largest absolute Gasteiger partial charge is 0.466 e. The molecule has 0 radical (unpaired) electrons. The molecule has 1 aromatic carbocycles. The van der Waals surface area contributed by atoms with Crippen molar-refractivity contribution in [2.24, 2.45) is 11.3 Å². The number of esters is 1. The zero-order valence-electron chi connectivity index (χ0n) is 16.2. The number of ether oxygens (including phenoxy) is 2. The molecule has 26 heavy (non-hydrogen) atoms.